The first-order chi connectivity index (χ1) is 18.8. The van der Waals surface area contributed by atoms with Gasteiger partial charge in [0.1, 0.15) is 18.8 Å². The highest BCUT2D eigenvalue weighted by Crippen LogP contribution is 2.68. The first-order valence-corrected chi connectivity index (χ1v) is 15.6. The molecule has 0 radical (unpaired) electrons. The lowest BCUT2D eigenvalue weighted by atomic mass is 9.46. The van der Waals surface area contributed by atoms with E-state index in [1.165, 1.54) is 33.6 Å². The molecule has 0 spiro atoms. The largest absolute Gasteiger partial charge is 0.465 e. The van der Waals surface area contributed by atoms with E-state index in [0.29, 0.717) is 42.4 Å². The Morgan fingerprint density at radius 3 is 2.30 bits per heavy atom. The Morgan fingerprint density at radius 1 is 1.00 bits per heavy atom. The Kier molecular flexibility index (Phi) is 9.43. The second kappa shape index (κ2) is 12.1. The first-order valence-electron chi connectivity index (χ1n) is 15.6. The van der Waals surface area contributed by atoms with Gasteiger partial charge in [-0.1, -0.05) is 58.6 Å². The summed E-state index contributed by atoms with van der Waals surface area (Å²) < 4.78 is 17.4. The molecule has 1 N–H and O–H groups in total. The fraction of sp³-hybridized carbons (Fsp3) is 0.848. The van der Waals surface area contributed by atoms with Crippen LogP contribution in [0, 0.1) is 46.3 Å². The molecule has 226 valence electrons. The van der Waals surface area contributed by atoms with Crippen LogP contribution >= 0.6 is 0 Å². The SMILES string of the molecule is CC(=O)OC[C@]12C[C@@H](OC(C)=O)[C@@H](O)CC1=CC[C@H]1[C@H]3C[C@H](OC(C)=O)[C@H]([C@H](C)CCCC(C)C)[C@@]3(C)CC[C@@H]12. The average Bonchev–Trinajstić information content (AvgIpc) is 3.14. The number of rotatable bonds is 9. The van der Waals surface area contributed by atoms with Crippen LogP contribution in [0.15, 0.2) is 11.6 Å². The summed E-state index contributed by atoms with van der Waals surface area (Å²) in [6, 6.07) is 0. The minimum absolute atomic E-state index is 0.0516. The molecular weight excluding hydrogens is 508 g/mol. The molecular formula is C33H52O7. The van der Waals surface area contributed by atoms with E-state index in [1.54, 1.807) is 0 Å². The second-order valence-corrected chi connectivity index (χ2v) is 14.2. The Bertz CT molecular complexity index is 987. The molecule has 4 aliphatic carbocycles. The van der Waals surface area contributed by atoms with Crippen molar-refractivity contribution in [2.45, 2.75) is 125 Å². The van der Waals surface area contributed by atoms with Crippen molar-refractivity contribution in [3.8, 4) is 0 Å². The summed E-state index contributed by atoms with van der Waals surface area (Å²) in [5.41, 5.74) is 0.728. The number of allylic oxidation sites excluding steroid dienone is 1. The number of carbonyl (C=O) groups excluding carboxylic acids is 3. The van der Waals surface area contributed by atoms with Crippen molar-refractivity contribution in [3.05, 3.63) is 11.6 Å². The highest BCUT2D eigenvalue weighted by Gasteiger charge is 2.64. The third kappa shape index (κ3) is 6.00. The number of aliphatic hydroxyl groups is 1. The van der Waals surface area contributed by atoms with Gasteiger partial charge in [-0.2, -0.15) is 0 Å². The third-order valence-corrected chi connectivity index (χ3v) is 11.2. The highest BCUT2D eigenvalue weighted by molar-refractivity contribution is 5.67. The van der Waals surface area contributed by atoms with E-state index < -0.39 is 23.6 Å². The van der Waals surface area contributed by atoms with Gasteiger partial charge in [-0.25, -0.2) is 0 Å². The van der Waals surface area contributed by atoms with Crippen LogP contribution in [0.4, 0.5) is 0 Å². The first kappa shape index (κ1) is 31.1. The molecule has 0 heterocycles. The van der Waals surface area contributed by atoms with Gasteiger partial charge in [0.05, 0.1) is 6.10 Å². The second-order valence-electron chi connectivity index (χ2n) is 14.2. The van der Waals surface area contributed by atoms with Crippen LogP contribution in [0.2, 0.25) is 0 Å². The molecule has 0 bridgehead atoms. The lowest BCUT2D eigenvalue weighted by molar-refractivity contribution is -0.169. The highest BCUT2D eigenvalue weighted by atomic mass is 16.6. The Balaban J connectivity index is 1.67. The number of esters is 3. The van der Waals surface area contributed by atoms with E-state index in [4.69, 9.17) is 14.2 Å². The maximum absolute atomic E-state index is 12.3. The van der Waals surface area contributed by atoms with E-state index >= 15 is 0 Å². The lowest BCUT2D eigenvalue weighted by Gasteiger charge is -2.59. The molecule has 0 saturated heterocycles. The molecule has 0 amide bonds. The van der Waals surface area contributed by atoms with Crippen molar-refractivity contribution >= 4 is 17.9 Å². The minimum atomic E-state index is -0.762. The summed E-state index contributed by atoms with van der Waals surface area (Å²) in [4.78, 5) is 36.2. The van der Waals surface area contributed by atoms with E-state index in [9.17, 15) is 19.5 Å². The van der Waals surface area contributed by atoms with Crippen molar-refractivity contribution in [2.24, 2.45) is 46.3 Å². The van der Waals surface area contributed by atoms with E-state index in [1.807, 2.05) is 0 Å². The number of ether oxygens (including phenoxy) is 3. The Labute approximate surface area is 240 Å². The Morgan fingerprint density at radius 2 is 1.68 bits per heavy atom. The van der Waals surface area contributed by atoms with Gasteiger partial charge in [-0.05, 0) is 73.5 Å². The summed E-state index contributed by atoms with van der Waals surface area (Å²) in [6.07, 6.45) is 9.00. The molecule has 10 atom stereocenters. The fourth-order valence-electron chi connectivity index (χ4n) is 9.67. The van der Waals surface area contributed by atoms with Gasteiger partial charge in [-0.3, -0.25) is 14.4 Å². The summed E-state index contributed by atoms with van der Waals surface area (Å²) in [5, 5.41) is 10.9. The van der Waals surface area contributed by atoms with E-state index in [0.717, 1.165) is 37.7 Å². The quantitative estimate of drug-likeness (QED) is 0.209. The van der Waals surface area contributed by atoms with Crippen molar-refractivity contribution < 1.29 is 33.7 Å². The molecule has 0 aliphatic heterocycles. The summed E-state index contributed by atoms with van der Waals surface area (Å²) in [7, 11) is 0. The molecule has 4 rings (SSSR count). The molecule has 0 aromatic carbocycles. The predicted octanol–water partition coefficient (Wildman–Crippen LogP) is 6.02. The Hall–Kier alpha value is -1.89. The number of fused-ring (bicyclic) bond motifs is 5. The maximum atomic E-state index is 12.3. The van der Waals surface area contributed by atoms with Crippen molar-refractivity contribution in [2.75, 3.05) is 6.61 Å². The fourth-order valence-corrected chi connectivity index (χ4v) is 9.67. The van der Waals surface area contributed by atoms with Crippen LogP contribution in [0.3, 0.4) is 0 Å². The van der Waals surface area contributed by atoms with E-state index in [-0.39, 0.29) is 36.0 Å². The number of hydrogen-bond acceptors (Lipinski definition) is 7. The van der Waals surface area contributed by atoms with Crippen LogP contribution in [0.25, 0.3) is 0 Å². The average molecular weight is 561 g/mol. The van der Waals surface area contributed by atoms with Gasteiger partial charge in [0.15, 0.2) is 0 Å². The van der Waals surface area contributed by atoms with Crippen LogP contribution in [0.1, 0.15) is 106 Å². The molecule has 7 heteroatoms. The smallest absolute Gasteiger partial charge is 0.302 e. The van der Waals surface area contributed by atoms with Gasteiger partial charge in [0.2, 0.25) is 0 Å². The molecule has 3 fully saturated rings. The number of hydrogen-bond donors (Lipinski definition) is 1. The molecule has 40 heavy (non-hydrogen) atoms. The van der Waals surface area contributed by atoms with Gasteiger partial charge >= 0.3 is 17.9 Å². The van der Waals surface area contributed by atoms with Gasteiger partial charge < -0.3 is 19.3 Å². The molecule has 0 aromatic rings. The van der Waals surface area contributed by atoms with Gasteiger partial charge in [0, 0.05) is 32.1 Å². The molecule has 0 unspecified atom stereocenters. The summed E-state index contributed by atoms with van der Waals surface area (Å²) in [5.74, 6) is 1.48. The van der Waals surface area contributed by atoms with Crippen molar-refractivity contribution in [1.82, 2.24) is 0 Å². The van der Waals surface area contributed by atoms with Crippen LogP contribution in [0.5, 0.6) is 0 Å². The molecule has 3 saturated carbocycles. The maximum Gasteiger partial charge on any atom is 0.302 e. The zero-order valence-electron chi connectivity index (χ0n) is 25.7. The lowest BCUT2D eigenvalue weighted by Crippen LogP contribution is -2.56. The predicted molar refractivity (Wildman–Crippen MR) is 152 cm³/mol. The molecule has 4 aliphatic rings. The standard InChI is InChI=1S/C33H52O7/c1-19(2)9-8-10-20(3)31-29(39-22(5)35)16-27-25-12-11-24-15-28(37)30(40-23(6)36)17-33(24,18-38-21(4)34)26(25)13-14-32(27,31)7/h11,19-20,25-31,37H,8-10,12-18H2,1-7H3/t20-,25-,26+,27-,28+,29+,30-,31+,32+,33-/m1/s1. The minimum Gasteiger partial charge on any atom is -0.465 e. The van der Waals surface area contributed by atoms with Crippen molar-refractivity contribution in [3.63, 3.8) is 0 Å². The summed E-state index contributed by atoms with van der Waals surface area (Å²) >= 11 is 0. The monoisotopic (exact) mass is 560 g/mol. The van der Waals surface area contributed by atoms with Gasteiger partial charge in [0.25, 0.3) is 0 Å². The van der Waals surface area contributed by atoms with Crippen molar-refractivity contribution in [1.29, 1.82) is 0 Å². The normalized spacial score (nSPS) is 39.3. The van der Waals surface area contributed by atoms with Crippen LogP contribution in [-0.2, 0) is 28.6 Å². The van der Waals surface area contributed by atoms with E-state index in [2.05, 4.69) is 33.8 Å². The number of carbonyl (C=O) groups is 3. The molecule has 7 nitrogen and oxygen atoms in total. The third-order valence-electron chi connectivity index (χ3n) is 11.2. The zero-order valence-corrected chi connectivity index (χ0v) is 25.7. The molecule has 0 aromatic heterocycles. The zero-order chi connectivity index (χ0) is 29.4. The van der Waals surface area contributed by atoms with Gasteiger partial charge in [-0.15, -0.1) is 0 Å². The van der Waals surface area contributed by atoms with Crippen LogP contribution in [-0.4, -0.2) is 47.9 Å². The van der Waals surface area contributed by atoms with Crippen LogP contribution < -0.4 is 0 Å². The topological polar surface area (TPSA) is 99.1 Å². The summed E-state index contributed by atoms with van der Waals surface area (Å²) in [6.45, 7) is 13.9. The number of aliphatic hydroxyl groups excluding tert-OH is 1.